The first-order valence-electron chi connectivity index (χ1n) is 9.36. The SMILES string of the molecule is N#Cc1ccc(N2CCC(NCCc3ccc4[nH]ccc4c3)CC2)cc1. The number of nitrogens with one attached hydrogen (secondary N) is 2. The van der Waals surface area contributed by atoms with Crippen LogP contribution in [0.2, 0.25) is 0 Å². The van der Waals surface area contributed by atoms with Crippen LogP contribution in [0.4, 0.5) is 5.69 Å². The Morgan fingerprint density at radius 1 is 1.08 bits per heavy atom. The van der Waals surface area contributed by atoms with Gasteiger partial charge in [0.25, 0.3) is 0 Å². The Labute approximate surface area is 154 Å². The number of nitriles is 1. The van der Waals surface area contributed by atoms with Gasteiger partial charge in [0.2, 0.25) is 0 Å². The number of H-pyrrole nitrogens is 1. The van der Waals surface area contributed by atoms with Crippen molar-refractivity contribution in [2.75, 3.05) is 24.5 Å². The maximum atomic E-state index is 8.91. The molecular weight excluding hydrogens is 320 g/mol. The summed E-state index contributed by atoms with van der Waals surface area (Å²) >= 11 is 0. The van der Waals surface area contributed by atoms with Crippen LogP contribution in [0.5, 0.6) is 0 Å². The van der Waals surface area contributed by atoms with Gasteiger partial charge >= 0.3 is 0 Å². The van der Waals surface area contributed by atoms with Crippen LogP contribution in [0.1, 0.15) is 24.0 Å². The molecule has 0 atom stereocenters. The molecule has 0 spiro atoms. The van der Waals surface area contributed by atoms with E-state index in [-0.39, 0.29) is 0 Å². The molecule has 4 nitrogen and oxygen atoms in total. The molecule has 1 fully saturated rings. The molecule has 1 aliphatic heterocycles. The molecule has 0 bridgehead atoms. The van der Waals surface area contributed by atoms with Gasteiger partial charge in [0, 0.05) is 36.5 Å². The second kappa shape index (κ2) is 7.63. The van der Waals surface area contributed by atoms with Gasteiger partial charge in [-0.3, -0.25) is 0 Å². The van der Waals surface area contributed by atoms with E-state index < -0.39 is 0 Å². The van der Waals surface area contributed by atoms with E-state index >= 15 is 0 Å². The monoisotopic (exact) mass is 344 g/mol. The van der Waals surface area contributed by atoms with Gasteiger partial charge in [0.15, 0.2) is 0 Å². The standard InChI is InChI=1S/C22H24N4/c23-16-18-1-4-21(5-2-18)26-13-9-20(10-14-26)24-11-7-17-3-6-22-19(15-17)8-12-25-22/h1-6,8,12,15,20,24-25H,7,9-11,13-14H2. The summed E-state index contributed by atoms with van der Waals surface area (Å²) < 4.78 is 0. The van der Waals surface area contributed by atoms with Crippen LogP contribution in [0.25, 0.3) is 10.9 Å². The summed E-state index contributed by atoms with van der Waals surface area (Å²) in [6.07, 6.45) is 5.39. The molecule has 4 rings (SSSR count). The number of hydrogen-bond acceptors (Lipinski definition) is 3. The van der Waals surface area contributed by atoms with Crippen molar-refractivity contribution >= 4 is 16.6 Å². The van der Waals surface area contributed by atoms with Gasteiger partial charge in [0.05, 0.1) is 11.6 Å². The van der Waals surface area contributed by atoms with Crippen LogP contribution < -0.4 is 10.2 Å². The molecule has 3 aromatic rings. The zero-order chi connectivity index (χ0) is 17.8. The molecule has 0 unspecified atom stereocenters. The maximum Gasteiger partial charge on any atom is 0.0991 e. The first-order chi connectivity index (χ1) is 12.8. The van der Waals surface area contributed by atoms with Crippen LogP contribution in [-0.2, 0) is 6.42 Å². The van der Waals surface area contributed by atoms with Gasteiger partial charge in [0.1, 0.15) is 0 Å². The summed E-state index contributed by atoms with van der Waals surface area (Å²) in [6.45, 7) is 3.16. The van der Waals surface area contributed by atoms with E-state index in [2.05, 4.69) is 57.7 Å². The minimum absolute atomic E-state index is 0.598. The minimum Gasteiger partial charge on any atom is -0.371 e. The lowest BCUT2D eigenvalue weighted by atomic mass is 10.0. The Hall–Kier alpha value is -2.77. The molecule has 4 heteroatoms. The molecule has 2 heterocycles. The molecule has 132 valence electrons. The fourth-order valence-corrected chi connectivity index (χ4v) is 3.77. The zero-order valence-corrected chi connectivity index (χ0v) is 14.9. The normalized spacial score (nSPS) is 15.3. The van der Waals surface area contributed by atoms with E-state index in [1.807, 2.05) is 18.3 Å². The van der Waals surface area contributed by atoms with Crippen molar-refractivity contribution in [1.29, 1.82) is 5.26 Å². The second-order valence-corrected chi connectivity index (χ2v) is 7.02. The Balaban J connectivity index is 1.24. The predicted octanol–water partition coefficient (Wildman–Crippen LogP) is 3.84. The summed E-state index contributed by atoms with van der Waals surface area (Å²) in [5.74, 6) is 0. The van der Waals surface area contributed by atoms with E-state index in [1.165, 1.54) is 22.2 Å². The highest BCUT2D eigenvalue weighted by molar-refractivity contribution is 5.79. The zero-order valence-electron chi connectivity index (χ0n) is 14.9. The van der Waals surface area contributed by atoms with Crippen LogP contribution in [-0.4, -0.2) is 30.7 Å². The van der Waals surface area contributed by atoms with Crippen molar-refractivity contribution in [3.8, 4) is 6.07 Å². The molecule has 0 aliphatic carbocycles. The number of anilines is 1. The van der Waals surface area contributed by atoms with Crippen LogP contribution in [0.15, 0.2) is 54.7 Å². The third-order valence-electron chi connectivity index (χ3n) is 5.32. The maximum absolute atomic E-state index is 8.91. The number of aromatic amines is 1. The molecule has 1 aliphatic rings. The lowest BCUT2D eigenvalue weighted by Crippen LogP contribution is -2.43. The smallest absolute Gasteiger partial charge is 0.0991 e. The first-order valence-corrected chi connectivity index (χ1v) is 9.36. The fraction of sp³-hybridized carbons (Fsp3) is 0.318. The van der Waals surface area contributed by atoms with Crippen molar-refractivity contribution in [1.82, 2.24) is 10.3 Å². The largest absolute Gasteiger partial charge is 0.371 e. The molecule has 1 saturated heterocycles. The van der Waals surface area contributed by atoms with Crippen molar-refractivity contribution < 1.29 is 0 Å². The quantitative estimate of drug-likeness (QED) is 0.739. The number of aromatic nitrogens is 1. The number of hydrogen-bond donors (Lipinski definition) is 2. The third kappa shape index (κ3) is 3.74. The Kier molecular flexibility index (Phi) is 4.90. The van der Waals surface area contributed by atoms with Crippen LogP contribution in [0, 0.1) is 11.3 Å². The van der Waals surface area contributed by atoms with E-state index in [4.69, 9.17) is 5.26 Å². The van der Waals surface area contributed by atoms with E-state index in [9.17, 15) is 0 Å². The molecule has 0 radical (unpaired) electrons. The summed E-state index contributed by atoms with van der Waals surface area (Å²) in [5.41, 5.74) is 4.54. The summed E-state index contributed by atoms with van der Waals surface area (Å²) in [4.78, 5) is 5.66. The minimum atomic E-state index is 0.598. The molecule has 2 aromatic carbocycles. The van der Waals surface area contributed by atoms with Crippen LogP contribution in [0.3, 0.4) is 0 Å². The number of rotatable bonds is 5. The number of nitrogens with zero attached hydrogens (tertiary/aromatic N) is 2. The first kappa shape index (κ1) is 16.7. The van der Waals surface area contributed by atoms with Gasteiger partial charge < -0.3 is 15.2 Å². The average molecular weight is 344 g/mol. The number of benzene rings is 2. The van der Waals surface area contributed by atoms with Gasteiger partial charge in [-0.15, -0.1) is 0 Å². The Bertz CT molecular complexity index is 896. The highest BCUT2D eigenvalue weighted by atomic mass is 15.1. The lowest BCUT2D eigenvalue weighted by Gasteiger charge is -2.34. The highest BCUT2D eigenvalue weighted by Gasteiger charge is 2.18. The van der Waals surface area contributed by atoms with Gasteiger partial charge in [-0.05, 0) is 79.2 Å². The van der Waals surface area contributed by atoms with Crippen molar-refractivity contribution in [3.05, 3.63) is 65.9 Å². The highest BCUT2D eigenvalue weighted by Crippen LogP contribution is 2.20. The summed E-state index contributed by atoms with van der Waals surface area (Å²) in [5, 5.41) is 13.9. The topological polar surface area (TPSA) is 54.9 Å². The molecule has 26 heavy (non-hydrogen) atoms. The van der Waals surface area contributed by atoms with E-state index in [0.29, 0.717) is 6.04 Å². The Morgan fingerprint density at radius 3 is 2.65 bits per heavy atom. The van der Waals surface area contributed by atoms with E-state index in [1.54, 1.807) is 0 Å². The predicted molar refractivity (Wildman–Crippen MR) is 106 cm³/mol. The van der Waals surface area contributed by atoms with Crippen molar-refractivity contribution in [2.24, 2.45) is 0 Å². The number of fused-ring (bicyclic) bond motifs is 1. The molecule has 0 amide bonds. The van der Waals surface area contributed by atoms with Gasteiger partial charge in [-0.1, -0.05) is 6.07 Å². The van der Waals surface area contributed by atoms with Crippen molar-refractivity contribution in [2.45, 2.75) is 25.3 Å². The number of piperidine rings is 1. The van der Waals surface area contributed by atoms with Crippen LogP contribution >= 0.6 is 0 Å². The summed E-state index contributed by atoms with van der Waals surface area (Å²) in [6, 6.07) is 19.5. The molecule has 0 saturated carbocycles. The second-order valence-electron chi connectivity index (χ2n) is 7.02. The summed E-state index contributed by atoms with van der Waals surface area (Å²) in [7, 11) is 0. The Morgan fingerprint density at radius 2 is 1.88 bits per heavy atom. The average Bonchev–Trinajstić information content (AvgIpc) is 3.16. The lowest BCUT2D eigenvalue weighted by molar-refractivity contribution is 0.417. The molecule has 1 aromatic heterocycles. The van der Waals surface area contributed by atoms with Crippen molar-refractivity contribution in [3.63, 3.8) is 0 Å². The van der Waals surface area contributed by atoms with Gasteiger partial charge in [-0.2, -0.15) is 5.26 Å². The van der Waals surface area contributed by atoms with E-state index in [0.717, 1.165) is 44.5 Å². The molecular formula is C22H24N4. The molecule has 2 N–H and O–H groups in total. The fourth-order valence-electron chi connectivity index (χ4n) is 3.77. The van der Waals surface area contributed by atoms with Gasteiger partial charge in [-0.25, -0.2) is 0 Å². The third-order valence-corrected chi connectivity index (χ3v) is 5.32.